The fraction of sp³-hybridized carbons (Fsp3) is 0.733. The lowest BCUT2D eigenvalue weighted by molar-refractivity contribution is -0.113. The van der Waals surface area contributed by atoms with Crippen LogP contribution in [0.4, 0.5) is 0 Å². The second-order valence-electron chi connectivity index (χ2n) is 7.90. The van der Waals surface area contributed by atoms with Crippen LogP contribution >= 0.6 is 0 Å². The molecular weight excluding hydrogens is 332 g/mol. The van der Waals surface area contributed by atoms with Gasteiger partial charge in [-0.15, -0.1) is 0 Å². The Morgan fingerprint density at radius 1 is 1.21 bits per heavy atom. The van der Waals surface area contributed by atoms with E-state index >= 15 is 0 Å². The summed E-state index contributed by atoms with van der Waals surface area (Å²) in [5.74, 6) is 0. The summed E-state index contributed by atoms with van der Waals surface area (Å²) in [6, 6.07) is 1.16. The maximum Gasteiger partial charge on any atom is 0.330 e. The average molecular weight is 358 g/mol. The molecule has 0 amide bonds. The highest BCUT2D eigenvalue weighted by atomic mass is 28.2. The van der Waals surface area contributed by atoms with E-state index < -0.39 is 51.2 Å². The number of nitrogens with zero attached hydrogens (tertiary/aromatic N) is 1. The van der Waals surface area contributed by atoms with E-state index in [4.69, 9.17) is 9.16 Å². The molecule has 0 aromatic carbocycles. The molecule has 1 fully saturated rings. The van der Waals surface area contributed by atoms with E-state index in [1.165, 1.54) is 6.20 Å². The molecule has 0 radical (unpaired) electrons. The Bertz CT molecular complexity index is 692. The third-order valence-corrected chi connectivity index (χ3v) is 5.68. The lowest BCUT2D eigenvalue weighted by Crippen LogP contribution is -2.48. The minimum Gasteiger partial charge on any atom is -0.416 e. The molecule has 4 atom stereocenters. The number of hydrogen-bond acceptors (Lipinski definition) is 6. The van der Waals surface area contributed by atoms with Crippen LogP contribution < -0.4 is 11.2 Å². The summed E-state index contributed by atoms with van der Waals surface area (Å²) >= 11 is 0. The van der Waals surface area contributed by atoms with E-state index in [0.29, 0.717) is 0 Å². The number of ether oxygens (including phenoxy) is 1. The van der Waals surface area contributed by atoms with E-state index in [2.05, 4.69) is 25.8 Å². The lowest BCUT2D eigenvalue weighted by atomic mass is 9.96. The Morgan fingerprint density at radius 2 is 1.83 bits per heavy atom. The summed E-state index contributed by atoms with van der Waals surface area (Å²) in [4.78, 5) is 25.2. The number of H-pyrrole nitrogens is 1. The van der Waals surface area contributed by atoms with Crippen LogP contribution in [0.15, 0.2) is 21.9 Å². The largest absolute Gasteiger partial charge is 0.416 e. The Hall–Kier alpha value is -1.26. The monoisotopic (exact) mass is 358 g/mol. The van der Waals surface area contributed by atoms with Crippen LogP contribution in [0.3, 0.4) is 0 Å². The van der Waals surface area contributed by atoms with Crippen molar-refractivity contribution in [2.75, 3.05) is 0 Å². The third-order valence-electron chi connectivity index (χ3n) is 3.93. The molecule has 0 saturated carbocycles. The number of aliphatic hydroxyl groups excluding tert-OH is 2. The minimum atomic E-state index is -1.31. The van der Waals surface area contributed by atoms with Gasteiger partial charge < -0.3 is 19.4 Å². The molecule has 0 bridgehead atoms. The fourth-order valence-corrected chi connectivity index (χ4v) is 3.55. The molecule has 1 aromatic rings. The van der Waals surface area contributed by atoms with Gasteiger partial charge in [0.15, 0.2) is 16.0 Å². The van der Waals surface area contributed by atoms with Crippen molar-refractivity contribution in [1.82, 2.24) is 9.55 Å². The summed E-state index contributed by atoms with van der Waals surface area (Å²) < 4.78 is 12.9. The SMILES string of the molecule is CC(C)(C)[SiH2]OC(C)(C)C1OC(n2ccc(=O)[nH]c2=O)C(O)C1O. The van der Waals surface area contributed by atoms with Crippen LogP contribution in [0.25, 0.3) is 0 Å². The van der Waals surface area contributed by atoms with Gasteiger partial charge in [-0.25, -0.2) is 4.79 Å². The molecule has 24 heavy (non-hydrogen) atoms. The van der Waals surface area contributed by atoms with Crippen LogP contribution in [0.1, 0.15) is 40.8 Å². The lowest BCUT2D eigenvalue weighted by Gasteiger charge is -2.35. The topological polar surface area (TPSA) is 114 Å². The number of rotatable bonds is 4. The molecule has 3 N–H and O–H groups in total. The second-order valence-corrected chi connectivity index (χ2v) is 10.6. The molecule has 136 valence electrons. The maximum absolute atomic E-state index is 11.9. The van der Waals surface area contributed by atoms with Gasteiger partial charge in [0, 0.05) is 12.3 Å². The van der Waals surface area contributed by atoms with Crippen molar-refractivity contribution in [2.45, 2.75) is 69.8 Å². The van der Waals surface area contributed by atoms with E-state index in [9.17, 15) is 19.8 Å². The van der Waals surface area contributed by atoms with Crippen LogP contribution in [-0.2, 0) is 9.16 Å². The number of hydrogen-bond donors (Lipinski definition) is 3. The van der Waals surface area contributed by atoms with Gasteiger partial charge >= 0.3 is 5.69 Å². The molecule has 1 aliphatic rings. The number of aromatic nitrogens is 2. The number of nitrogens with one attached hydrogen (secondary N) is 1. The average Bonchev–Trinajstić information content (AvgIpc) is 2.74. The molecule has 4 unspecified atom stereocenters. The zero-order valence-electron chi connectivity index (χ0n) is 14.6. The molecule has 2 rings (SSSR count). The van der Waals surface area contributed by atoms with Crippen LogP contribution in [0, 0.1) is 0 Å². The quantitative estimate of drug-likeness (QED) is 0.611. The van der Waals surface area contributed by atoms with Gasteiger partial charge in [-0.3, -0.25) is 14.3 Å². The fourth-order valence-electron chi connectivity index (χ4n) is 2.58. The Morgan fingerprint density at radius 3 is 2.38 bits per heavy atom. The first-order valence-corrected chi connectivity index (χ1v) is 9.18. The molecule has 0 aliphatic carbocycles. The molecule has 1 saturated heterocycles. The van der Waals surface area contributed by atoms with Crippen molar-refractivity contribution >= 4 is 9.76 Å². The first kappa shape index (κ1) is 19.1. The van der Waals surface area contributed by atoms with Crippen LogP contribution in [-0.4, -0.2) is 53.4 Å². The maximum atomic E-state index is 11.9. The highest BCUT2D eigenvalue weighted by Crippen LogP contribution is 2.36. The smallest absolute Gasteiger partial charge is 0.330 e. The summed E-state index contributed by atoms with van der Waals surface area (Å²) in [6.07, 6.45) is -3.17. The van der Waals surface area contributed by atoms with Crippen molar-refractivity contribution in [1.29, 1.82) is 0 Å². The summed E-state index contributed by atoms with van der Waals surface area (Å²) in [5.41, 5.74) is -2.07. The normalized spacial score (nSPS) is 28.8. The third kappa shape index (κ3) is 4.04. The van der Waals surface area contributed by atoms with E-state index in [1.54, 1.807) is 13.8 Å². The van der Waals surface area contributed by atoms with Gasteiger partial charge in [0.1, 0.15) is 18.3 Å². The zero-order chi connectivity index (χ0) is 18.3. The van der Waals surface area contributed by atoms with Crippen molar-refractivity contribution in [2.24, 2.45) is 0 Å². The second kappa shape index (κ2) is 6.56. The molecule has 1 aliphatic heterocycles. The standard InChI is InChI=1S/C15H26N2O6Si/c1-14(2,3)24-23-15(4,5)11-9(19)10(20)12(22-11)17-7-6-8(18)16-13(17)21/h6-7,9-12,19-20H,24H2,1-5H3,(H,16,18,21). The van der Waals surface area contributed by atoms with Gasteiger partial charge in [0.25, 0.3) is 5.56 Å². The van der Waals surface area contributed by atoms with Crippen molar-refractivity contribution < 1.29 is 19.4 Å². The predicted molar refractivity (Wildman–Crippen MR) is 90.7 cm³/mol. The van der Waals surface area contributed by atoms with Gasteiger partial charge in [-0.1, -0.05) is 20.8 Å². The molecule has 2 heterocycles. The van der Waals surface area contributed by atoms with Gasteiger partial charge in [0.2, 0.25) is 0 Å². The number of aliphatic hydroxyl groups is 2. The number of aromatic amines is 1. The van der Waals surface area contributed by atoms with Gasteiger partial charge in [-0.05, 0) is 18.9 Å². The predicted octanol–water partition coefficient (Wildman–Crippen LogP) is -0.747. The van der Waals surface area contributed by atoms with E-state index in [1.807, 2.05) is 0 Å². The highest BCUT2D eigenvalue weighted by Gasteiger charge is 2.51. The first-order chi connectivity index (χ1) is 10.9. The molecule has 1 aromatic heterocycles. The van der Waals surface area contributed by atoms with Crippen molar-refractivity contribution in [3.63, 3.8) is 0 Å². The zero-order valence-corrected chi connectivity index (χ0v) is 16.1. The van der Waals surface area contributed by atoms with Gasteiger partial charge in [0.05, 0.1) is 5.60 Å². The van der Waals surface area contributed by atoms with Crippen LogP contribution in [0.5, 0.6) is 0 Å². The molecule has 9 heteroatoms. The van der Waals surface area contributed by atoms with Crippen LogP contribution in [0.2, 0.25) is 5.04 Å². The summed E-state index contributed by atoms with van der Waals surface area (Å²) in [7, 11) is -0.909. The molecule has 0 spiro atoms. The highest BCUT2D eigenvalue weighted by molar-refractivity contribution is 6.31. The minimum absolute atomic E-state index is 0.0642. The Kier molecular flexibility index (Phi) is 5.21. The summed E-state index contributed by atoms with van der Waals surface area (Å²) in [5, 5.41) is 20.7. The van der Waals surface area contributed by atoms with E-state index in [0.717, 1.165) is 10.6 Å². The molecular formula is C15H26N2O6Si. The first-order valence-electron chi connectivity index (χ1n) is 7.89. The van der Waals surface area contributed by atoms with Crippen molar-refractivity contribution in [3.05, 3.63) is 33.1 Å². The van der Waals surface area contributed by atoms with Gasteiger partial charge in [-0.2, -0.15) is 0 Å². The van der Waals surface area contributed by atoms with E-state index in [-0.39, 0.29) is 5.04 Å². The van der Waals surface area contributed by atoms with Crippen molar-refractivity contribution in [3.8, 4) is 0 Å². The molecule has 8 nitrogen and oxygen atoms in total. The Balaban J connectivity index is 2.23. The summed E-state index contributed by atoms with van der Waals surface area (Å²) in [6.45, 7) is 9.84. The Labute approximate surface area is 142 Å².